The van der Waals surface area contributed by atoms with Gasteiger partial charge in [-0.3, -0.25) is 4.79 Å². The van der Waals surface area contributed by atoms with E-state index in [1.165, 1.54) is 0 Å². The molecule has 0 unspecified atom stereocenters. The molecule has 0 spiro atoms. The van der Waals surface area contributed by atoms with Gasteiger partial charge >= 0.3 is 0 Å². The van der Waals surface area contributed by atoms with Crippen LogP contribution in [0.1, 0.15) is 31.1 Å². The highest BCUT2D eigenvalue weighted by atomic mass is 16.5. The van der Waals surface area contributed by atoms with Crippen molar-refractivity contribution in [2.75, 3.05) is 37.0 Å². The Balaban J connectivity index is 2.12. The van der Waals surface area contributed by atoms with Gasteiger partial charge in [-0.2, -0.15) is 0 Å². The Kier molecular flexibility index (Phi) is 6.69. The standard InChI is InChI=1S/C20H26N2O3/c1-5-22(6-2)17-11-9-16(10-12-17)21-20(23)15-8-13-18(24-4)19(14-15)25-7-3/h8-14H,5-7H2,1-4H3,(H,21,23). The third-order valence-corrected chi connectivity index (χ3v) is 3.98. The molecule has 0 atom stereocenters. The molecule has 0 heterocycles. The van der Waals surface area contributed by atoms with Crippen molar-refractivity contribution >= 4 is 17.3 Å². The highest BCUT2D eigenvalue weighted by Gasteiger charge is 2.11. The lowest BCUT2D eigenvalue weighted by molar-refractivity contribution is 0.102. The van der Waals surface area contributed by atoms with E-state index < -0.39 is 0 Å². The molecule has 5 heteroatoms. The Morgan fingerprint density at radius 1 is 1.00 bits per heavy atom. The fourth-order valence-electron chi connectivity index (χ4n) is 2.63. The summed E-state index contributed by atoms with van der Waals surface area (Å²) < 4.78 is 10.8. The first kappa shape index (κ1) is 18.6. The summed E-state index contributed by atoms with van der Waals surface area (Å²) >= 11 is 0. The van der Waals surface area contributed by atoms with Crippen molar-refractivity contribution in [1.82, 2.24) is 0 Å². The number of anilines is 2. The zero-order chi connectivity index (χ0) is 18.2. The van der Waals surface area contributed by atoms with Crippen LogP contribution in [0.2, 0.25) is 0 Å². The van der Waals surface area contributed by atoms with Gasteiger partial charge < -0.3 is 19.7 Å². The van der Waals surface area contributed by atoms with E-state index in [-0.39, 0.29) is 5.91 Å². The summed E-state index contributed by atoms with van der Waals surface area (Å²) in [6.45, 7) is 8.55. The molecule has 0 aliphatic carbocycles. The molecule has 0 radical (unpaired) electrons. The van der Waals surface area contributed by atoms with Crippen molar-refractivity contribution in [3.05, 3.63) is 48.0 Å². The van der Waals surface area contributed by atoms with Gasteiger partial charge in [-0.05, 0) is 63.2 Å². The number of hydrogen-bond donors (Lipinski definition) is 1. The normalized spacial score (nSPS) is 10.2. The highest BCUT2D eigenvalue weighted by Crippen LogP contribution is 2.28. The van der Waals surface area contributed by atoms with Crippen molar-refractivity contribution in [2.24, 2.45) is 0 Å². The first-order chi connectivity index (χ1) is 12.1. The van der Waals surface area contributed by atoms with Gasteiger partial charge in [-0.25, -0.2) is 0 Å². The maximum Gasteiger partial charge on any atom is 0.255 e. The van der Waals surface area contributed by atoms with Crippen molar-refractivity contribution in [3.8, 4) is 11.5 Å². The number of ether oxygens (including phenoxy) is 2. The van der Waals surface area contributed by atoms with Crippen LogP contribution >= 0.6 is 0 Å². The minimum Gasteiger partial charge on any atom is -0.493 e. The third kappa shape index (κ3) is 4.66. The zero-order valence-electron chi connectivity index (χ0n) is 15.3. The third-order valence-electron chi connectivity index (χ3n) is 3.98. The Labute approximate surface area is 149 Å². The monoisotopic (exact) mass is 342 g/mol. The number of nitrogens with zero attached hydrogens (tertiary/aromatic N) is 1. The van der Waals surface area contributed by atoms with E-state index >= 15 is 0 Å². The first-order valence-corrected chi connectivity index (χ1v) is 8.60. The Morgan fingerprint density at radius 3 is 2.24 bits per heavy atom. The summed E-state index contributed by atoms with van der Waals surface area (Å²) in [6, 6.07) is 13.0. The predicted octanol–water partition coefficient (Wildman–Crippen LogP) is 4.19. The van der Waals surface area contributed by atoms with Crippen LogP contribution in [0.3, 0.4) is 0 Å². The lowest BCUT2D eigenvalue weighted by atomic mass is 10.1. The summed E-state index contributed by atoms with van der Waals surface area (Å²) in [5.74, 6) is 0.996. The molecular weight excluding hydrogens is 316 g/mol. The summed E-state index contributed by atoms with van der Waals surface area (Å²) in [4.78, 5) is 14.7. The van der Waals surface area contributed by atoms with E-state index in [4.69, 9.17) is 9.47 Å². The molecule has 0 aliphatic heterocycles. The summed E-state index contributed by atoms with van der Waals surface area (Å²) in [5, 5.41) is 2.91. The molecule has 0 fully saturated rings. The first-order valence-electron chi connectivity index (χ1n) is 8.60. The maximum absolute atomic E-state index is 12.5. The van der Waals surface area contributed by atoms with Crippen LogP contribution in [-0.2, 0) is 0 Å². The van der Waals surface area contributed by atoms with Crippen LogP contribution in [0, 0.1) is 0 Å². The van der Waals surface area contributed by atoms with E-state index in [1.54, 1.807) is 25.3 Å². The van der Waals surface area contributed by atoms with Gasteiger partial charge in [0.2, 0.25) is 0 Å². The van der Waals surface area contributed by atoms with Gasteiger partial charge in [-0.1, -0.05) is 0 Å². The second-order valence-electron chi connectivity index (χ2n) is 5.47. The molecule has 0 saturated carbocycles. The molecule has 2 rings (SSSR count). The molecular formula is C20H26N2O3. The number of benzene rings is 2. The van der Waals surface area contributed by atoms with Crippen LogP contribution in [0.15, 0.2) is 42.5 Å². The molecule has 25 heavy (non-hydrogen) atoms. The van der Waals surface area contributed by atoms with Gasteiger partial charge in [0.25, 0.3) is 5.91 Å². The van der Waals surface area contributed by atoms with Crippen LogP contribution in [0.25, 0.3) is 0 Å². The van der Waals surface area contributed by atoms with E-state index in [0.29, 0.717) is 23.7 Å². The number of nitrogens with one attached hydrogen (secondary N) is 1. The fraction of sp³-hybridized carbons (Fsp3) is 0.350. The summed E-state index contributed by atoms with van der Waals surface area (Å²) in [5.41, 5.74) is 2.43. The van der Waals surface area contributed by atoms with Crippen molar-refractivity contribution in [2.45, 2.75) is 20.8 Å². The second-order valence-corrected chi connectivity index (χ2v) is 5.47. The van der Waals surface area contributed by atoms with Gasteiger partial charge in [-0.15, -0.1) is 0 Å². The molecule has 0 bridgehead atoms. The van der Waals surface area contributed by atoms with Crippen LogP contribution in [0.4, 0.5) is 11.4 Å². The molecule has 0 saturated heterocycles. The summed E-state index contributed by atoms with van der Waals surface area (Å²) in [7, 11) is 1.58. The van der Waals surface area contributed by atoms with Crippen LogP contribution < -0.4 is 19.7 Å². The van der Waals surface area contributed by atoms with E-state index in [9.17, 15) is 4.79 Å². The predicted molar refractivity (Wildman–Crippen MR) is 102 cm³/mol. The van der Waals surface area contributed by atoms with Gasteiger partial charge in [0.05, 0.1) is 13.7 Å². The molecule has 1 amide bonds. The minimum absolute atomic E-state index is 0.181. The Morgan fingerprint density at radius 2 is 1.68 bits per heavy atom. The number of hydrogen-bond acceptors (Lipinski definition) is 4. The van der Waals surface area contributed by atoms with Gasteiger partial charge in [0.1, 0.15) is 0 Å². The van der Waals surface area contributed by atoms with Crippen molar-refractivity contribution < 1.29 is 14.3 Å². The number of carbonyl (C=O) groups excluding carboxylic acids is 1. The molecule has 0 aromatic heterocycles. The quantitative estimate of drug-likeness (QED) is 0.781. The van der Waals surface area contributed by atoms with E-state index in [0.717, 1.165) is 24.5 Å². The molecule has 2 aromatic rings. The maximum atomic E-state index is 12.5. The zero-order valence-corrected chi connectivity index (χ0v) is 15.3. The van der Waals surface area contributed by atoms with E-state index in [1.807, 2.05) is 31.2 Å². The van der Waals surface area contributed by atoms with E-state index in [2.05, 4.69) is 24.1 Å². The second kappa shape index (κ2) is 8.97. The Bertz CT molecular complexity index is 695. The van der Waals surface area contributed by atoms with Crippen LogP contribution in [0.5, 0.6) is 11.5 Å². The topological polar surface area (TPSA) is 50.8 Å². The van der Waals surface area contributed by atoms with Crippen LogP contribution in [-0.4, -0.2) is 32.7 Å². The average Bonchev–Trinajstić information content (AvgIpc) is 2.64. The minimum atomic E-state index is -0.181. The number of carbonyl (C=O) groups is 1. The van der Waals surface area contributed by atoms with Crippen molar-refractivity contribution in [1.29, 1.82) is 0 Å². The largest absolute Gasteiger partial charge is 0.493 e. The summed E-state index contributed by atoms with van der Waals surface area (Å²) in [6.07, 6.45) is 0. The lowest BCUT2D eigenvalue weighted by Gasteiger charge is -2.21. The smallest absolute Gasteiger partial charge is 0.255 e. The highest BCUT2D eigenvalue weighted by molar-refractivity contribution is 6.04. The number of amides is 1. The number of methoxy groups -OCH3 is 1. The molecule has 2 aromatic carbocycles. The Hall–Kier alpha value is -2.69. The fourth-order valence-corrected chi connectivity index (χ4v) is 2.63. The SMILES string of the molecule is CCOc1cc(C(=O)Nc2ccc(N(CC)CC)cc2)ccc1OC. The molecule has 5 nitrogen and oxygen atoms in total. The number of rotatable bonds is 8. The van der Waals surface area contributed by atoms with Crippen molar-refractivity contribution in [3.63, 3.8) is 0 Å². The molecule has 0 aliphatic rings. The average molecular weight is 342 g/mol. The molecule has 134 valence electrons. The van der Waals surface area contributed by atoms with Gasteiger partial charge in [0.15, 0.2) is 11.5 Å². The lowest BCUT2D eigenvalue weighted by Crippen LogP contribution is -2.21. The van der Waals surface area contributed by atoms with Gasteiger partial charge in [0, 0.05) is 30.0 Å². The molecule has 1 N–H and O–H groups in total.